The van der Waals surface area contributed by atoms with E-state index in [1.54, 1.807) is 38.4 Å². The van der Waals surface area contributed by atoms with E-state index in [2.05, 4.69) is 4.98 Å². The van der Waals surface area contributed by atoms with E-state index in [4.69, 9.17) is 9.84 Å². The lowest BCUT2D eigenvalue weighted by molar-refractivity contribution is 0.0695. The summed E-state index contributed by atoms with van der Waals surface area (Å²) >= 11 is 0. The van der Waals surface area contributed by atoms with Crippen LogP contribution < -0.4 is 9.64 Å². The quantitative estimate of drug-likeness (QED) is 0.930. The molecule has 0 atom stereocenters. The number of aromatic carboxylic acids is 1. The minimum absolute atomic E-state index is 0.0404. The smallest absolute Gasteiger partial charge is 0.337 e. The van der Waals surface area contributed by atoms with Gasteiger partial charge in [0.15, 0.2) is 0 Å². The molecule has 0 fully saturated rings. The summed E-state index contributed by atoms with van der Waals surface area (Å²) in [6.07, 6.45) is 1.16. The second-order valence-electron chi connectivity index (χ2n) is 4.30. The molecule has 108 valence electrons. The highest BCUT2D eigenvalue weighted by molar-refractivity contribution is 6.04. The van der Waals surface area contributed by atoms with E-state index < -0.39 is 5.97 Å². The van der Waals surface area contributed by atoms with Gasteiger partial charge in [0.05, 0.1) is 12.7 Å². The van der Waals surface area contributed by atoms with Gasteiger partial charge in [-0.1, -0.05) is 0 Å². The summed E-state index contributed by atoms with van der Waals surface area (Å²) in [7, 11) is 3.19. The van der Waals surface area contributed by atoms with Crippen LogP contribution in [0.25, 0.3) is 0 Å². The topological polar surface area (TPSA) is 79.7 Å². The van der Waals surface area contributed by atoms with E-state index in [0.717, 1.165) is 6.20 Å². The Hall–Kier alpha value is -2.89. The van der Waals surface area contributed by atoms with Crippen LogP contribution in [0, 0.1) is 0 Å². The summed E-state index contributed by atoms with van der Waals surface area (Å²) < 4.78 is 5.06. The Labute approximate surface area is 121 Å². The minimum Gasteiger partial charge on any atom is -0.497 e. The molecular formula is C15H14N2O4. The Morgan fingerprint density at radius 2 is 1.81 bits per heavy atom. The van der Waals surface area contributed by atoms with Gasteiger partial charge in [-0.15, -0.1) is 0 Å². The number of pyridine rings is 1. The van der Waals surface area contributed by atoms with Gasteiger partial charge in [0.2, 0.25) is 0 Å². The Bertz CT molecular complexity index is 650. The fourth-order valence-corrected chi connectivity index (χ4v) is 1.74. The predicted octanol–water partition coefficient (Wildman–Crippen LogP) is 2.06. The summed E-state index contributed by atoms with van der Waals surface area (Å²) in [5.74, 6) is -0.703. The van der Waals surface area contributed by atoms with Crippen LogP contribution >= 0.6 is 0 Å². The zero-order valence-electron chi connectivity index (χ0n) is 11.6. The van der Waals surface area contributed by atoms with Crippen molar-refractivity contribution in [2.45, 2.75) is 0 Å². The largest absolute Gasteiger partial charge is 0.497 e. The van der Waals surface area contributed by atoms with Gasteiger partial charge < -0.3 is 14.7 Å². The molecule has 0 bridgehead atoms. The number of carbonyl (C=O) groups is 2. The zero-order valence-corrected chi connectivity index (χ0v) is 11.6. The van der Waals surface area contributed by atoms with Gasteiger partial charge in [-0.25, -0.2) is 4.79 Å². The molecule has 6 heteroatoms. The van der Waals surface area contributed by atoms with Crippen LogP contribution in [0.4, 0.5) is 5.69 Å². The highest BCUT2D eigenvalue weighted by atomic mass is 16.5. The van der Waals surface area contributed by atoms with Crippen LogP contribution in [0.5, 0.6) is 5.75 Å². The van der Waals surface area contributed by atoms with Crippen molar-refractivity contribution in [3.63, 3.8) is 0 Å². The van der Waals surface area contributed by atoms with Crippen molar-refractivity contribution in [2.24, 2.45) is 0 Å². The number of hydrogen-bond acceptors (Lipinski definition) is 4. The molecule has 2 rings (SSSR count). The van der Waals surface area contributed by atoms with Gasteiger partial charge in [-0.3, -0.25) is 9.78 Å². The van der Waals surface area contributed by atoms with Crippen molar-refractivity contribution in [1.29, 1.82) is 0 Å². The first-order valence-electron chi connectivity index (χ1n) is 6.14. The minimum atomic E-state index is -1.08. The zero-order chi connectivity index (χ0) is 15.4. The van der Waals surface area contributed by atoms with Crippen LogP contribution in [-0.4, -0.2) is 36.1 Å². The molecule has 21 heavy (non-hydrogen) atoms. The first-order valence-corrected chi connectivity index (χ1v) is 6.14. The van der Waals surface area contributed by atoms with E-state index in [9.17, 15) is 9.59 Å². The van der Waals surface area contributed by atoms with Gasteiger partial charge in [0, 0.05) is 18.9 Å². The van der Waals surface area contributed by atoms with E-state index in [0.29, 0.717) is 11.4 Å². The van der Waals surface area contributed by atoms with E-state index in [-0.39, 0.29) is 17.2 Å². The maximum atomic E-state index is 12.3. The number of aromatic nitrogens is 1. The lowest BCUT2D eigenvalue weighted by Gasteiger charge is -2.17. The molecule has 0 aliphatic heterocycles. The number of carbonyl (C=O) groups excluding carboxylic acids is 1. The van der Waals surface area contributed by atoms with Crippen molar-refractivity contribution in [1.82, 2.24) is 4.98 Å². The van der Waals surface area contributed by atoms with E-state index in [1.807, 2.05) is 0 Å². The number of amides is 1. The SMILES string of the molecule is COc1ccc(N(C)C(=O)c2ccc(C(=O)O)cn2)cc1. The number of anilines is 1. The van der Waals surface area contributed by atoms with Crippen molar-refractivity contribution in [3.05, 3.63) is 53.9 Å². The Balaban J connectivity index is 2.19. The summed E-state index contributed by atoms with van der Waals surface area (Å²) in [6, 6.07) is 9.75. The molecular weight excluding hydrogens is 272 g/mol. The number of benzene rings is 1. The van der Waals surface area contributed by atoms with E-state index in [1.165, 1.54) is 17.0 Å². The molecule has 0 saturated heterocycles. The highest BCUT2D eigenvalue weighted by Gasteiger charge is 2.15. The number of methoxy groups -OCH3 is 1. The third-order valence-electron chi connectivity index (χ3n) is 2.99. The molecule has 0 radical (unpaired) electrons. The average Bonchev–Trinajstić information content (AvgIpc) is 2.53. The normalized spacial score (nSPS) is 10.0. The van der Waals surface area contributed by atoms with Crippen molar-refractivity contribution in [3.8, 4) is 5.75 Å². The maximum absolute atomic E-state index is 12.3. The standard InChI is InChI=1S/C15H14N2O4/c1-17(11-4-6-12(21-2)7-5-11)14(18)13-8-3-10(9-16-13)15(19)20/h3-9H,1-2H3,(H,19,20). The molecule has 1 N–H and O–H groups in total. The molecule has 1 aromatic heterocycles. The molecule has 0 aliphatic rings. The molecule has 0 unspecified atom stereocenters. The lowest BCUT2D eigenvalue weighted by Crippen LogP contribution is -2.27. The first-order chi connectivity index (χ1) is 10.0. The number of carboxylic acids is 1. The van der Waals surface area contributed by atoms with Crippen LogP contribution in [0.1, 0.15) is 20.8 Å². The molecule has 1 amide bonds. The van der Waals surface area contributed by atoms with Crippen LogP contribution in [-0.2, 0) is 0 Å². The summed E-state index contributed by atoms with van der Waals surface area (Å²) in [6.45, 7) is 0. The van der Waals surface area contributed by atoms with Crippen LogP contribution in [0.2, 0.25) is 0 Å². The third kappa shape index (κ3) is 3.17. The second-order valence-corrected chi connectivity index (χ2v) is 4.30. The Kier molecular flexibility index (Phi) is 4.18. The van der Waals surface area contributed by atoms with Crippen LogP contribution in [0.3, 0.4) is 0 Å². The van der Waals surface area contributed by atoms with Crippen molar-refractivity contribution >= 4 is 17.6 Å². The highest BCUT2D eigenvalue weighted by Crippen LogP contribution is 2.19. The fraction of sp³-hybridized carbons (Fsp3) is 0.133. The van der Waals surface area contributed by atoms with Gasteiger partial charge >= 0.3 is 5.97 Å². The number of rotatable bonds is 4. The van der Waals surface area contributed by atoms with E-state index >= 15 is 0 Å². The average molecular weight is 286 g/mol. The molecule has 0 saturated carbocycles. The summed E-state index contributed by atoms with van der Waals surface area (Å²) in [5, 5.41) is 8.80. The van der Waals surface area contributed by atoms with Crippen molar-refractivity contribution in [2.75, 3.05) is 19.1 Å². The van der Waals surface area contributed by atoms with Gasteiger partial charge in [0.25, 0.3) is 5.91 Å². The summed E-state index contributed by atoms with van der Waals surface area (Å²) in [4.78, 5) is 28.3. The predicted molar refractivity (Wildman–Crippen MR) is 76.9 cm³/mol. The summed E-state index contributed by atoms with van der Waals surface area (Å²) in [5.41, 5.74) is 0.905. The Morgan fingerprint density at radius 1 is 1.14 bits per heavy atom. The fourth-order valence-electron chi connectivity index (χ4n) is 1.74. The number of carboxylic acid groups (broad SMARTS) is 1. The maximum Gasteiger partial charge on any atom is 0.337 e. The molecule has 1 heterocycles. The number of hydrogen-bond donors (Lipinski definition) is 1. The van der Waals surface area contributed by atoms with Crippen molar-refractivity contribution < 1.29 is 19.4 Å². The van der Waals surface area contributed by atoms with Gasteiger partial charge in [0.1, 0.15) is 11.4 Å². The molecule has 0 spiro atoms. The van der Waals surface area contributed by atoms with Gasteiger partial charge in [-0.05, 0) is 36.4 Å². The third-order valence-corrected chi connectivity index (χ3v) is 2.99. The first kappa shape index (κ1) is 14.5. The lowest BCUT2D eigenvalue weighted by atomic mass is 10.2. The molecule has 2 aromatic rings. The number of nitrogens with zero attached hydrogens (tertiary/aromatic N) is 2. The number of ether oxygens (including phenoxy) is 1. The second kappa shape index (κ2) is 6.04. The molecule has 6 nitrogen and oxygen atoms in total. The van der Waals surface area contributed by atoms with Crippen LogP contribution in [0.15, 0.2) is 42.6 Å². The monoisotopic (exact) mass is 286 g/mol. The molecule has 1 aromatic carbocycles. The molecule has 0 aliphatic carbocycles. The van der Waals surface area contributed by atoms with Gasteiger partial charge in [-0.2, -0.15) is 0 Å². The Morgan fingerprint density at radius 3 is 2.29 bits per heavy atom.